The highest BCUT2D eigenvalue weighted by Crippen LogP contribution is 2.16. The van der Waals surface area contributed by atoms with E-state index >= 15 is 0 Å². The molecule has 0 bridgehead atoms. The van der Waals surface area contributed by atoms with Crippen LogP contribution in [-0.2, 0) is 19.1 Å². The molecule has 156 valence electrons. The lowest BCUT2D eigenvalue weighted by molar-refractivity contribution is -0.141. The molecule has 2 N–H and O–H groups in total. The number of hydrogen-bond acceptors (Lipinski definition) is 6. The van der Waals surface area contributed by atoms with Crippen molar-refractivity contribution in [3.05, 3.63) is 30.1 Å². The zero-order valence-electron chi connectivity index (χ0n) is 16.3. The molecule has 2 saturated heterocycles. The minimum Gasteiger partial charge on any atom is -0.375 e. The van der Waals surface area contributed by atoms with Crippen molar-refractivity contribution in [2.75, 3.05) is 39.9 Å². The summed E-state index contributed by atoms with van der Waals surface area (Å²) in [6.45, 7) is 1.00. The number of rotatable bonds is 5. The number of aromatic nitrogens is 1. The summed E-state index contributed by atoms with van der Waals surface area (Å²) >= 11 is 0. The van der Waals surface area contributed by atoms with E-state index in [-0.39, 0.29) is 37.4 Å². The molecule has 4 amide bonds. The van der Waals surface area contributed by atoms with Gasteiger partial charge in [0, 0.05) is 39.1 Å². The Morgan fingerprint density at radius 1 is 1.34 bits per heavy atom. The molecule has 10 nitrogen and oxygen atoms in total. The first-order chi connectivity index (χ1) is 14.0. The van der Waals surface area contributed by atoms with Crippen LogP contribution in [0.15, 0.2) is 24.5 Å². The van der Waals surface area contributed by atoms with E-state index in [1.54, 1.807) is 18.3 Å². The average Bonchev–Trinajstić information content (AvgIpc) is 2.75. The normalized spacial score (nSPS) is 22.0. The van der Waals surface area contributed by atoms with Crippen molar-refractivity contribution in [1.82, 2.24) is 25.4 Å². The van der Waals surface area contributed by atoms with Crippen molar-refractivity contribution in [2.45, 2.75) is 24.9 Å². The predicted octanol–water partition coefficient (Wildman–Crippen LogP) is -1.22. The number of carbonyl (C=O) groups is 4. The van der Waals surface area contributed by atoms with E-state index in [4.69, 9.17) is 4.74 Å². The van der Waals surface area contributed by atoms with Crippen molar-refractivity contribution >= 4 is 23.6 Å². The van der Waals surface area contributed by atoms with Gasteiger partial charge in [-0.25, -0.2) is 0 Å². The number of ether oxygens (including phenoxy) is 1. The molecular weight excluding hydrogens is 378 g/mol. The number of carbonyl (C=O) groups excluding carboxylic acids is 4. The molecule has 29 heavy (non-hydrogen) atoms. The predicted molar refractivity (Wildman–Crippen MR) is 102 cm³/mol. The smallest absolute Gasteiger partial charge is 0.256 e. The largest absolute Gasteiger partial charge is 0.375 e. The van der Waals surface area contributed by atoms with Gasteiger partial charge < -0.3 is 25.2 Å². The maximum Gasteiger partial charge on any atom is 0.256 e. The maximum absolute atomic E-state index is 13.0. The first-order valence-electron chi connectivity index (χ1n) is 9.57. The second-order valence-corrected chi connectivity index (χ2v) is 7.02. The lowest BCUT2D eigenvalue weighted by Crippen LogP contribution is -2.63. The van der Waals surface area contributed by atoms with Crippen LogP contribution in [-0.4, -0.2) is 90.4 Å². The first-order valence-corrected chi connectivity index (χ1v) is 9.57. The van der Waals surface area contributed by atoms with Gasteiger partial charge >= 0.3 is 0 Å². The highest BCUT2D eigenvalue weighted by Gasteiger charge is 2.38. The zero-order chi connectivity index (χ0) is 20.8. The monoisotopic (exact) mass is 403 g/mol. The molecule has 10 heteroatoms. The van der Waals surface area contributed by atoms with Crippen LogP contribution >= 0.6 is 0 Å². The van der Waals surface area contributed by atoms with Crippen LogP contribution in [0.4, 0.5) is 0 Å². The first kappa shape index (κ1) is 20.7. The summed E-state index contributed by atoms with van der Waals surface area (Å²) < 4.78 is 4.90. The van der Waals surface area contributed by atoms with Crippen LogP contribution in [0.1, 0.15) is 23.2 Å². The Morgan fingerprint density at radius 3 is 2.86 bits per heavy atom. The molecular formula is C19H25N5O5. The third-order valence-corrected chi connectivity index (χ3v) is 5.07. The quantitative estimate of drug-likeness (QED) is 0.636. The zero-order valence-corrected chi connectivity index (χ0v) is 16.3. The molecule has 0 aliphatic carbocycles. The third kappa shape index (κ3) is 4.89. The minimum atomic E-state index is -0.910. The van der Waals surface area contributed by atoms with Crippen LogP contribution in [0.2, 0.25) is 0 Å². The van der Waals surface area contributed by atoms with Crippen molar-refractivity contribution < 1.29 is 23.9 Å². The minimum absolute atomic E-state index is 0.0361. The van der Waals surface area contributed by atoms with Gasteiger partial charge in [-0.3, -0.25) is 24.2 Å². The van der Waals surface area contributed by atoms with E-state index in [1.807, 2.05) is 0 Å². The van der Waals surface area contributed by atoms with Gasteiger partial charge in [0.1, 0.15) is 18.7 Å². The highest BCUT2D eigenvalue weighted by molar-refractivity contribution is 5.99. The van der Waals surface area contributed by atoms with E-state index in [1.165, 1.54) is 23.1 Å². The molecule has 1 aromatic rings. The van der Waals surface area contributed by atoms with Crippen molar-refractivity contribution in [3.63, 3.8) is 0 Å². The Bertz CT molecular complexity index is 772. The van der Waals surface area contributed by atoms with Gasteiger partial charge in [-0.1, -0.05) is 0 Å². The summed E-state index contributed by atoms with van der Waals surface area (Å²) in [7, 11) is 1.42. The van der Waals surface area contributed by atoms with Gasteiger partial charge in [0.15, 0.2) is 0 Å². The molecule has 1 aromatic heterocycles. The summed E-state index contributed by atoms with van der Waals surface area (Å²) in [6, 6.07) is 1.72. The average molecular weight is 403 g/mol. The number of piperazine rings is 1. The van der Waals surface area contributed by atoms with Gasteiger partial charge in [0.05, 0.1) is 12.1 Å². The standard InChI is InChI=1S/C19H25N5O5/c1-29-12-16(25)23-8-9-24(19(28)13-4-2-6-20-10-13)15(11-23)18(27)22-14-5-3-7-21-17(14)26/h2,4,6,10,14-15H,3,5,7-9,11-12H2,1H3,(H,21,26)(H,22,27)/t14-,15+/m0/s1. The SMILES string of the molecule is COCC(=O)N1CCN(C(=O)c2cccnc2)[C@@H](C(=O)N[C@H]2CCCNC2=O)C1. The molecule has 2 fully saturated rings. The second-order valence-electron chi connectivity index (χ2n) is 7.02. The molecule has 0 unspecified atom stereocenters. The number of nitrogens with zero attached hydrogens (tertiary/aromatic N) is 3. The van der Waals surface area contributed by atoms with Gasteiger partial charge in [-0.2, -0.15) is 0 Å². The number of pyridine rings is 1. The Kier molecular flexibility index (Phi) is 6.76. The fourth-order valence-electron chi connectivity index (χ4n) is 3.52. The Morgan fingerprint density at radius 2 is 2.17 bits per heavy atom. The topological polar surface area (TPSA) is 121 Å². The molecule has 0 radical (unpaired) electrons. The summed E-state index contributed by atoms with van der Waals surface area (Å²) in [5.41, 5.74) is 0.359. The lowest BCUT2D eigenvalue weighted by Gasteiger charge is -2.41. The van der Waals surface area contributed by atoms with Crippen LogP contribution in [0.5, 0.6) is 0 Å². The summed E-state index contributed by atoms with van der Waals surface area (Å²) in [5, 5.41) is 5.46. The fraction of sp³-hybridized carbons (Fsp3) is 0.526. The number of methoxy groups -OCH3 is 1. The van der Waals surface area contributed by atoms with Gasteiger partial charge in [0.25, 0.3) is 5.91 Å². The van der Waals surface area contributed by atoms with Gasteiger partial charge in [-0.05, 0) is 25.0 Å². The summed E-state index contributed by atoms with van der Waals surface area (Å²) in [6.07, 6.45) is 4.30. The van der Waals surface area contributed by atoms with E-state index < -0.39 is 18.0 Å². The van der Waals surface area contributed by atoms with E-state index in [2.05, 4.69) is 15.6 Å². The molecule has 0 saturated carbocycles. The van der Waals surface area contributed by atoms with Crippen LogP contribution in [0, 0.1) is 0 Å². The van der Waals surface area contributed by atoms with Gasteiger partial charge in [0.2, 0.25) is 17.7 Å². The summed E-state index contributed by atoms with van der Waals surface area (Å²) in [4.78, 5) is 57.1. The molecule has 2 aliphatic rings. The third-order valence-electron chi connectivity index (χ3n) is 5.07. The van der Waals surface area contributed by atoms with Crippen molar-refractivity contribution in [1.29, 1.82) is 0 Å². The van der Waals surface area contributed by atoms with Crippen LogP contribution < -0.4 is 10.6 Å². The van der Waals surface area contributed by atoms with Crippen LogP contribution in [0.25, 0.3) is 0 Å². The Hall–Kier alpha value is -3.01. The molecule has 3 heterocycles. The number of hydrogen-bond donors (Lipinski definition) is 2. The Balaban J connectivity index is 1.78. The van der Waals surface area contributed by atoms with Gasteiger partial charge in [-0.15, -0.1) is 0 Å². The maximum atomic E-state index is 13.0. The number of amides is 4. The lowest BCUT2D eigenvalue weighted by atomic mass is 10.0. The second kappa shape index (κ2) is 9.46. The van der Waals surface area contributed by atoms with E-state index in [0.717, 1.165) is 6.42 Å². The molecule has 2 atom stereocenters. The summed E-state index contributed by atoms with van der Waals surface area (Å²) in [5.74, 6) is -1.29. The molecule has 2 aliphatic heterocycles. The molecule has 0 spiro atoms. The fourth-order valence-corrected chi connectivity index (χ4v) is 3.52. The van der Waals surface area contributed by atoms with Crippen molar-refractivity contribution in [3.8, 4) is 0 Å². The number of nitrogens with one attached hydrogen (secondary N) is 2. The number of piperidine rings is 1. The van der Waals surface area contributed by atoms with Crippen molar-refractivity contribution in [2.24, 2.45) is 0 Å². The van der Waals surface area contributed by atoms with E-state index in [0.29, 0.717) is 25.1 Å². The highest BCUT2D eigenvalue weighted by atomic mass is 16.5. The molecule has 0 aromatic carbocycles. The van der Waals surface area contributed by atoms with E-state index in [9.17, 15) is 19.2 Å². The molecule has 3 rings (SSSR count). The van der Waals surface area contributed by atoms with Crippen LogP contribution in [0.3, 0.4) is 0 Å². The Labute approximate surface area is 168 Å².